The molecule has 0 fully saturated rings. The van der Waals surface area contributed by atoms with E-state index in [0.29, 0.717) is 11.5 Å². The minimum absolute atomic E-state index is 0.0935. The fourth-order valence-corrected chi connectivity index (χ4v) is 1.23. The van der Waals surface area contributed by atoms with Crippen LogP contribution >= 0.6 is 0 Å². The number of aryl methyl sites for hydroxylation is 1. The average Bonchev–Trinajstić information content (AvgIpc) is 2.35. The van der Waals surface area contributed by atoms with Crippen LogP contribution < -0.4 is 9.47 Å². The van der Waals surface area contributed by atoms with Crippen molar-refractivity contribution in [2.24, 2.45) is 0 Å². The standard InChI is InChI=1S/C12H17NO4/c1-9-5-6-10(11(7-9)15-3)17-8-12(14)13(2)16-4/h5-7H,8H2,1-4H3. The average molecular weight is 239 g/mol. The molecule has 0 aliphatic rings. The lowest BCUT2D eigenvalue weighted by Gasteiger charge is -2.15. The van der Waals surface area contributed by atoms with Crippen molar-refractivity contribution in [3.8, 4) is 11.5 Å². The Balaban J connectivity index is 2.66. The largest absolute Gasteiger partial charge is 0.493 e. The molecule has 0 aliphatic heterocycles. The molecule has 0 saturated heterocycles. The zero-order valence-electron chi connectivity index (χ0n) is 10.5. The predicted molar refractivity (Wildman–Crippen MR) is 63.0 cm³/mol. The molecule has 0 bridgehead atoms. The minimum Gasteiger partial charge on any atom is -0.493 e. The van der Waals surface area contributed by atoms with Crippen LogP contribution in [-0.2, 0) is 9.63 Å². The first-order valence-electron chi connectivity index (χ1n) is 5.16. The van der Waals surface area contributed by atoms with Crippen LogP contribution in [0.5, 0.6) is 11.5 Å². The first kappa shape index (κ1) is 13.3. The van der Waals surface area contributed by atoms with Gasteiger partial charge in [-0.05, 0) is 24.6 Å². The number of hydroxylamine groups is 2. The maximum absolute atomic E-state index is 11.4. The van der Waals surface area contributed by atoms with Gasteiger partial charge in [0.05, 0.1) is 14.2 Å². The lowest BCUT2D eigenvalue weighted by molar-refractivity contribution is -0.170. The summed E-state index contributed by atoms with van der Waals surface area (Å²) in [4.78, 5) is 16.2. The van der Waals surface area contributed by atoms with Crippen LogP contribution in [-0.4, -0.2) is 38.8 Å². The summed E-state index contributed by atoms with van der Waals surface area (Å²) in [6.45, 7) is 1.86. The highest BCUT2D eigenvalue weighted by Gasteiger charge is 2.11. The van der Waals surface area contributed by atoms with Crippen molar-refractivity contribution in [3.05, 3.63) is 23.8 Å². The quantitative estimate of drug-likeness (QED) is 0.729. The molecule has 0 atom stereocenters. The van der Waals surface area contributed by atoms with Crippen molar-refractivity contribution in [1.29, 1.82) is 0 Å². The third-order valence-corrected chi connectivity index (χ3v) is 2.30. The Morgan fingerprint density at radius 2 is 2.00 bits per heavy atom. The molecule has 1 amide bonds. The number of ether oxygens (including phenoxy) is 2. The van der Waals surface area contributed by atoms with E-state index >= 15 is 0 Å². The van der Waals surface area contributed by atoms with Gasteiger partial charge in [0.25, 0.3) is 5.91 Å². The van der Waals surface area contributed by atoms with Gasteiger partial charge in [-0.1, -0.05) is 6.07 Å². The number of benzene rings is 1. The van der Waals surface area contributed by atoms with Crippen LogP contribution in [0, 0.1) is 6.92 Å². The van der Waals surface area contributed by atoms with Crippen LogP contribution in [0.3, 0.4) is 0 Å². The van der Waals surface area contributed by atoms with E-state index in [1.54, 1.807) is 13.2 Å². The Morgan fingerprint density at radius 3 is 2.59 bits per heavy atom. The molecule has 17 heavy (non-hydrogen) atoms. The highest BCUT2D eigenvalue weighted by atomic mass is 16.7. The van der Waals surface area contributed by atoms with Crippen molar-refractivity contribution in [2.45, 2.75) is 6.92 Å². The van der Waals surface area contributed by atoms with E-state index in [1.165, 1.54) is 14.2 Å². The smallest absolute Gasteiger partial charge is 0.283 e. The molecule has 5 nitrogen and oxygen atoms in total. The third-order valence-electron chi connectivity index (χ3n) is 2.30. The Labute approximate surface area is 101 Å². The third kappa shape index (κ3) is 3.64. The number of hydrogen-bond acceptors (Lipinski definition) is 4. The number of carbonyl (C=O) groups is 1. The summed E-state index contributed by atoms with van der Waals surface area (Å²) in [6, 6.07) is 5.51. The fourth-order valence-electron chi connectivity index (χ4n) is 1.23. The molecule has 0 aliphatic carbocycles. The van der Waals surface area contributed by atoms with Crippen molar-refractivity contribution in [3.63, 3.8) is 0 Å². The van der Waals surface area contributed by atoms with E-state index in [4.69, 9.17) is 14.3 Å². The second-order valence-corrected chi connectivity index (χ2v) is 3.52. The number of carbonyl (C=O) groups excluding carboxylic acids is 1. The van der Waals surface area contributed by atoms with Crippen molar-refractivity contribution in [1.82, 2.24) is 5.06 Å². The highest BCUT2D eigenvalue weighted by Crippen LogP contribution is 2.27. The van der Waals surface area contributed by atoms with Crippen LogP contribution in [0.15, 0.2) is 18.2 Å². The van der Waals surface area contributed by atoms with Crippen LogP contribution in [0.25, 0.3) is 0 Å². The van der Waals surface area contributed by atoms with Gasteiger partial charge in [0, 0.05) is 7.05 Å². The van der Waals surface area contributed by atoms with Crippen LogP contribution in [0.1, 0.15) is 5.56 Å². The maximum Gasteiger partial charge on any atom is 0.283 e. The first-order valence-corrected chi connectivity index (χ1v) is 5.16. The van der Waals surface area contributed by atoms with E-state index in [9.17, 15) is 4.79 Å². The number of rotatable bonds is 5. The molecular weight excluding hydrogens is 222 g/mol. The number of likely N-dealkylation sites (N-methyl/N-ethyl adjacent to an activating group) is 1. The second kappa shape index (κ2) is 6.10. The molecule has 0 aromatic heterocycles. The summed E-state index contributed by atoms with van der Waals surface area (Å²) in [5, 5.41) is 1.11. The molecule has 0 spiro atoms. The van der Waals surface area contributed by atoms with Gasteiger partial charge < -0.3 is 9.47 Å². The monoisotopic (exact) mass is 239 g/mol. The number of hydrogen-bond donors (Lipinski definition) is 0. The summed E-state index contributed by atoms with van der Waals surface area (Å²) in [5.74, 6) is 0.879. The van der Waals surface area contributed by atoms with E-state index < -0.39 is 0 Å². The zero-order valence-corrected chi connectivity index (χ0v) is 10.5. The first-order chi connectivity index (χ1) is 8.08. The molecule has 94 valence electrons. The van der Waals surface area contributed by atoms with Gasteiger partial charge in [-0.15, -0.1) is 0 Å². The minimum atomic E-state index is -0.268. The summed E-state index contributed by atoms with van der Waals surface area (Å²) in [7, 11) is 4.51. The maximum atomic E-state index is 11.4. The zero-order chi connectivity index (χ0) is 12.8. The summed E-state index contributed by atoms with van der Waals surface area (Å²) in [5.41, 5.74) is 1.06. The van der Waals surface area contributed by atoms with E-state index in [-0.39, 0.29) is 12.5 Å². The summed E-state index contributed by atoms with van der Waals surface area (Å²) in [6.07, 6.45) is 0. The summed E-state index contributed by atoms with van der Waals surface area (Å²) >= 11 is 0. The molecule has 0 saturated carbocycles. The van der Waals surface area contributed by atoms with Gasteiger partial charge in [0.1, 0.15) is 0 Å². The topological polar surface area (TPSA) is 48.0 Å². The Hall–Kier alpha value is -1.75. The van der Waals surface area contributed by atoms with E-state index in [0.717, 1.165) is 10.6 Å². The summed E-state index contributed by atoms with van der Waals surface area (Å²) < 4.78 is 10.5. The van der Waals surface area contributed by atoms with Gasteiger partial charge in [-0.25, -0.2) is 5.06 Å². The Bertz CT molecular complexity index is 392. The molecule has 1 rings (SSSR count). The second-order valence-electron chi connectivity index (χ2n) is 3.52. The SMILES string of the molecule is COc1cc(C)ccc1OCC(=O)N(C)OC. The number of amides is 1. The van der Waals surface area contributed by atoms with E-state index in [2.05, 4.69) is 0 Å². The molecule has 1 aromatic rings. The lowest BCUT2D eigenvalue weighted by Crippen LogP contribution is -2.30. The molecule has 0 heterocycles. The van der Waals surface area contributed by atoms with Gasteiger partial charge in [0.2, 0.25) is 0 Å². The van der Waals surface area contributed by atoms with Gasteiger partial charge in [-0.3, -0.25) is 9.63 Å². The predicted octanol–water partition coefficient (Wildman–Crippen LogP) is 1.40. The number of nitrogens with zero attached hydrogens (tertiary/aromatic N) is 1. The van der Waals surface area contributed by atoms with Gasteiger partial charge >= 0.3 is 0 Å². The van der Waals surface area contributed by atoms with Crippen molar-refractivity contribution < 1.29 is 19.1 Å². The molecule has 1 aromatic carbocycles. The molecule has 0 unspecified atom stereocenters. The molecular formula is C12H17NO4. The van der Waals surface area contributed by atoms with Crippen molar-refractivity contribution >= 4 is 5.91 Å². The van der Waals surface area contributed by atoms with Crippen LogP contribution in [0.2, 0.25) is 0 Å². The van der Waals surface area contributed by atoms with Gasteiger partial charge in [0.15, 0.2) is 18.1 Å². The Kier molecular flexibility index (Phi) is 4.78. The molecule has 0 radical (unpaired) electrons. The lowest BCUT2D eigenvalue weighted by atomic mass is 10.2. The van der Waals surface area contributed by atoms with Crippen LogP contribution in [0.4, 0.5) is 0 Å². The number of methoxy groups -OCH3 is 1. The Morgan fingerprint density at radius 1 is 1.29 bits per heavy atom. The fraction of sp³-hybridized carbons (Fsp3) is 0.417. The highest BCUT2D eigenvalue weighted by molar-refractivity contribution is 5.76. The molecule has 0 N–H and O–H groups in total. The normalized spacial score (nSPS) is 9.88. The van der Waals surface area contributed by atoms with Gasteiger partial charge in [-0.2, -0.15) is 0 Å². The molecule has 5 heteroatoms. The van der Waals surface area contributed by atoms with E-state index in [1.807, 2.05) is 19.1 Å². The van der Waals surface area contributed by atoms with Crippen molar-refractivity contribution in [2.75, 3.05) is 27.9 Å².